The van der Waals surface area contributed by atoms with Gasteiger partial charge < -0.3 is 15.2 Å². The molecule has 1 amide bonds. The summed E-state index contributed by atoms with van der Waals surface area (Å²) in [6, 6.07) is 3.62. The Labute approximate surface area is 124 Å². The number of sulfonamides is 1. The van der Waals surface area contributed by atoms with Gasteiger partial charge in [-0.15, -0.1) is 0 Å². The van der Waals surface area contributed by atoms with E-state index in [4.69, 9.17) is 9.88 Å². The molecule has 0 unspecified atom stereocenters. The van der Waals surface area contributed by atoms with Crippen LogP contribution in [0.3, 0.4) is 0 Å². The predicted molar refractivity (Wildman–Crippen MR) is 78.5 cm³/mol. The van der Waals surface area contributed by atoms with E-state index in [0.29, 0.717) is 6.61 Å². The van der Waals surface area contributed by atoms with E-state index < -0.39 is 26.6 Å². The molecule has 0 aliphatic rings. The van der Waals surface area contributed by atoms with E-state index in [1.165, 1.54) is 6.07 Å². The molecule has 0 aliphatic carbocycles. The normalized spacial score (nSPS) is 11.3. The van der Waals surface area contributed by atoms with Gasteiger partial charge in [0, 0.05) is 12.3 Å². The second-order valence-electron chi connectivity index (χ2n) is 4.54. The molecule has 0 aliphatic heterocycles. The molecule has 0 fully saturated rings. The topological polar surface area (TPSA) is 119 Å². The van der Waals surface area contributed by atoms with E-state index in [9.17, 15) is 18.3 Å². The molecule has 0 aromatic heterocycles. The van der Waals surface area contributed by atoms with Gasteiger partial charge in [-0.05, 0) is 24.6 Å². The Kier molecular flexibility index (Phi) is 6.60. The standard InChI is InChI=1S/C13H20N2O5S/c1-2-3-4-7-20-9-13(17)15-10-5-6-11(16)12(8-10)21(14,18)19/h5-6,8,16H,2-4,7,9H2,1H3,(H,15,17)(H2,14,18,19). The minimum absolute atomic E-state index is 0.116. The smallest absolute Gasteiger partial charge is 0.250 e. The third kappa shape index (κ3) is 6.11. The molecule has 0 bridgehead atoms. The number of nitrogens with two attached hydrogens (primary N) is 1. The van der Waals surface area contributed by atoms with Crippen LogP contribution in [0.25, 0.3) is 0 Å². The monoisotopic (exact) mass is 316 g/mol. The number of hydrogen-bond acceptors (Lipinski definition) is 5. The molecule has 21 heavy (non-hydrogen) atoms. The lowest BCUT2D eigenvalue weighted by Crippen LogP contribution is -2.19. The van der Waals surface area contributed by atoms with E-state index in [0.717, 1.165) is 31.4 Å². The molecule has 0 radical (unpaired) electrons. The molecule has 0 atom stereocenters. The first kappa shape index (κ1) is 17.4. The van der Waals surface area contributed by atoms with Crippen LogP contribution in [-0.4, -0.2) is 32.6 Å². The van der Waals surface area contributed by atoms with Gasteiger partial charge in [-0.25, -0.2) is 13.6 Å². The van der Waals surface area contributed by atoms with Gasteiger partial charge in [0.15, 0.2) is 0 Å². The van der Waals surface area contributed by atoms with Crippen LogP contribution >= 0.6 is 0 Å². The Morgan fingerprint density at radius 1 is 1.38 bits per heavy atom. The molecule has 1 rings (SSSR count). The fraction of sp³-hybridized carbons (Fsp3) is 0.462. The summed E-state index contributed by atoms with van der Waals surface area (Å²) in [6.45, 7) is 2.45. The highest BCUT2D eigenvalue weighted by atomic mass is 32.2. The van der Waals surface area contributed by atoms with Gasteiger partial charge in [0.25, 0.3) is 0 Å². The molecule has 118 valence electrons. The van der Waals surface area contributed by atoms with Crippen LogP contribution in [0.15, 0.2) is 23.1 Å². The van der Waals surface area contributed by atoms with Crippen LogP contribution in [0.2, 0.25) is 0 Å². The number of amides is 1. The average molecular weight is 316 g/mol. The summed E-state index contributed by atoms with van der Waals surface area (Å²) in [5, 5.41) is 16.9. The number of rotatable bonds is 8. The quantitative estimate of drug-likeness (QED) is 0.491. The number of primary sulfonamides is 1. The zero-order chi connectivity index (χ0) is 15.9. The van der Waals surface area contributed by atoms with Crippen LogP contribution in [0, 0.1) is 0 Å². The maximum Gasteiger partial charge on any atom is 0.250 e. The molecule has 1 aromatic rings. The first-order valence-electron chi connectivity index (χ1n) is 6.58. The molecule has 7 nitrogen and oxygen atoms in total. The van der Waals surface area contributed by atoms with Crippen molar-refractivity contribution >= 4 is 21.6 Å². The minimum atomic E-state index is -4.05. The number of phenols is 1. The van der Waals surface area contributed by atoms with Crippen LogP contribution in [-0.2, 0) is 19.6 Å². The van der Waals surface area contributed by atoms with Crippen molar-refractivity contribution in [2.45, 2.75) is 31.1 Å². The molecule has 0 saturated carbocycles. The molecule has 0 heterocycles. The third-order valence-corrected chi connectivity index (χ3v) is 3.62. The van der Waals surface area contributed by atoms with Crippen molar-refractivity contribution in [1.82, 2.24) is 0 Å². The SMILES string of the molecule is CCCCCOCC(=O)Nc1ccc(O)c(S(N)(=O)=O)c1. The molecule has 1 aromatic carbocycles. The number of phenolic OH excluding ortho intramolecular Hbond substituents is 1. The van der Waals surface area contributed by atoms with Crippen LogP contribution in [0.5, 0.6) is 5.75 Å². The Morgan fingerprint density at radius 3 is 2.71 bits per heavy atom. The molecule has 0 saturated heterocycles. The van der Waals surface area contributed by atoms with Crippen molar-refractivity contribution in [3.63, 3.8) is 0 Å². The van der Waals surface area contributed by atoms with Crippen molar-refractivity contribution in [1.29, 1.82) is 0 Å². The van der Waals surface area contributed by atoms with Gasteiger partial charge in [0.1, 0.15) is 17.3 Å². The van der Waals surface area contributed by atoms with E-state index in [1.54, 1.807) is 0 Å². The number of aromatic hydroxyl groups is 1. The second kappa shape index (κ2) is 7.96. The Bertz CT molecular complexity index is 586. The van der Waals surface area contributed by atoms with Crippen molar-refractivity contribution in [3.05, 3.63) is 18.2 Å². The van der Waals surface area contributed by atoms with Gasteiger partial charge >= 0.3 is 0 Å². The van der Waals surface area contributed by atoms with Crippen LogP contribution in [0.1, 0.15) is 26.2 Å². The Hall–Kier alpha value is -1.64. The minimum Gasteiger partial charge on any atom is -0.507 e. The number of benzene rings is 1. The number of hydrogen-bond donors (Lipinski definition) is 3. The summed E-state index contributed by atoms with van der Waals surface area (Å²) >= 11 is 0. The molecule has 4 N–H and O–H groups in total. The van der Waals surface area contributed by atoms with Crippen LogP contribution < -0.4 is 10.5 Å². The van der Waals surface area contributed by atoms with Crippen LogP contribution in [0.4, 0.5) is 5.69 Å². The molecular formula is C13H20N2O5S. The Balaban J connectivity index is 2.57. The van der Waals surface area contributed by atoms with Gasteiger partial charge in [-0.2, -0.15) is 0 Å². The van der Waals surface area contributed by atoms with Gasteiger partial charge in [-0.3, -0.25) is 4.79 Å². The van der Waals surface area contributed by atoms with Crippen molar-refractivity contribution in [2.24, 2.45) is 5.14 Å². The maximum absolute atomic E-state index is 11.6. The van der Waals surface area contributed by atoms with Crippen molar-refractivity contribution < 1.29 is 23.1 Å². The first-order valence-corrected chi connectivity index (χ1v) is 8.12. The lowest BCUT2D eigenvalue weighted by atomic mass is 10.3. The van der Waals surface area contributed by atoms with E-state index in [2.05, 4.69) is 12.2 Å². The lowest BCUT2D eigenvalue weighted by molar-refractivity contribution is -0.120. The lowest BCUT2D eigenvalue weighted by Gasteiger charge is -2.08. The van der Waals surface area contributed by atoms with Gasteiger partial charge in [-0.1, -0.05) is 19.8 Å². The summed E-state index contributed by atoms with van der Waals surface area (Å²) in [5.74, 6) is -0.871. The number of anilines is 1. The predicted octanol–water partition coefficient (Wildman–Crippen LogP) is 1.18. The first-order chi connectivity index (χ1) is 9.84. The Morgan fingerprint density at radius 2 is 2.10 bits per heavy atom. The van der Waals surface area contributed by atoms with Gasteiger partial charge in [0.2, 0.25) is 15.9 Å². The summed E-state index contributed by atoms with van der Waals surface area (Å²) in [7, 11) is -4.05. The zero-order valence-electron chi connectivity index (χ0n) is 11.8. The molecule has 0 spiro atoms. The molecular weight excluding hydrogens is 296 g/mol. The maximum atomic E-state index is 11.6. The summed E-state index contributed by atoms with van der Waals surface area (Å²) in [6.07, 6.45) is 3.00. The molecule has 8 heteroatoms. The highest BCUT2D eigenvalue weighted by molar-refractivity contribution is 7.89. The van der Waals surface area contributed by atoms with Crippen molar-refractivity contribution in [3.8, 4) is 5.75 Å². The van der Waals surface area contributed by atoms with Crippen molar-refractivity contribution in [2.75, 3.05) is 18.5 Å². The number of carbonyl (C=O) groups excluding carboxylic acids is 1. The summed E-state index contributed by atoms with van der Waals surface area (Å²) in [4.78, 5) is 11.2. The van der Waals surface area contributed by atoms with Gasteiger partial charge in [0.05, 0.1) is 0 Å². The largest absolute Gasteiger partial charge is 0.507 e. The highest BCUT2D eigenvalue weighted by Gasteiger charge is 2.15. The number of ether oxygens (including phenoxy) is 1. The number of carbonyl (C=O) groups is 1. The highest BCUT2D eigenvalue weighted by Crippen LogP contribution is 2.24. The third-order valence-electron chi connectivity index (χ3n) is 2.68. The average Bonchev–Trinajstić information content (AvgIpc) is 2.39. The summed E-state index contributed by atoms with van der Waals surface area (Å²) in [5.41, 5.74) is 0.221. The van der Waals surface area contributed by atoms with E-state index >= 15 is 0 Å². The zero-order valence-corrected chi connectivity index (χ0v) is 12.6. The second-order valence-corrected chi connectivity index (χ2v) is 6.07. The fourth-order valence-corrected chi connectivity index (χ4v) is 2.29. The van der Waals surface area contributed by atoms with E-state index in [1.807, 2.05) is 0 Å². The number of unbranched alkanes of at least 4 members (excludes halogenated alkanes) is 2. The number of nitrogens with one attached hydrogen (secondary N) is 1. The fourth-order valence-electron chi connectivity index (χ4n) is 1.64. The van der Waals surface area contributed by atoms with E-state index in [-0.39, 0.29) is 12.3 Å². The summed E-state index contributed by atoms with van der Waals surface area (Å²) < 4.78 is 27.7.